The molecule has 1 aliphatic carbocycles. The molecule has 186 valence electrons. The molecule has 2 heterocycles. The van der Waals surface area contributed by atoms with Gasteiger partial charge < -0.3 is 5.32 Å². The molecule has 10 heteroatoms. The quantitative estimate of drug-likeness (QED) is 0.243. The van der Waals surface area contributed by atoms with E-state index in [1.54, 1.807) is 0 Å². The molecule has 2 aromatic heterocycles. The fraction of sp³-hybridized carbons (Fsp3) is 0.269. The van der Waals surface area contributed by atoms with Gasteiger partial charge in [-0.05, 0) is 61.1 Å². The van der Waals surface area contributed by atoms with Crippen molar-refractivity contribution in [3.8, 4) is 5.69 Å². The summed E-state index contributed by atoms with van der Waals surface area (Å²) in [6, 6.07) is 13.6. The van der Waals surface area contributed by atoms with E-state index in [-0.39, 0.29) is 17.0 Å². The fourth-order valence-corrected chi connectivity index (χ4v) is 6.61. The van der Waals surface area contributed by atoms with Gasteiger partial charge in [0.2, 0.25) is 5.91 Å². The predicted molar refractivity (Wildman–Crippen MR) is 137 cm³/mol. The molecule has 2 aromatic carbocycles. The number of hydrogen-bond acceptors (Lipinski definition) is 5. The molecule has 0 fully saturated rings. The number of halogens is 3. The number of para-hydroxylation sites is 1. The van der Waals surface area contributed by atoms with Crippen LogP contribution in [0.15, 0.2) is 64.5 Å². The van der Waals surface area contributed by atoms with Gasteiger partial charge in [-0.3, -0.25) is 14.2 Å². The van der Waals surface area contributed by atoms with E-state index in [9.17, 15) is 22.8 Å². The number of alkyl halides is 3. The average molecular weight is 530 g/mol. The highest BCUT2D eigenvalue weighted by atomic mass is 32.2. The van der Waals surface area contributed by atoms with E-state index in [0.717, 1.165) is 48.7 Å². The predicted octanol–water partition coefficient (Wildman–Crippen LogP) is 6.32. The number of aromatic nitrogens is 2. The monoisotopic (exact) mass is 529 g/mol. The van der Waals surface area contributed by atoms with Crippen LogP contribution in [0, 0.1) is 5.92 Å². The third kappa shape index (κ3) is 4.92. The molecule has 36 heavy (non-hydrogen) atoms. The highest BCUT2D eigenvalue weighted by Crippen LogP contribution is 2.37. The number of nitrogens with one attached hydrogen (secondary N) is 1. The second-order valence-corrected chi connectivity index (χ2v) is 10.8. The lowest BCUT2D eigenvalue weighted by Crippen LogP contribution is -2.23. The number of rotatable bonds is 5. The van der Waals surface area contributed by atoms with Crippen LogP contribution >= 0.6 is 23.1 Å². The van der Waals surface area contributed by atoms with E-state index in [1.807, 2.05) is 30.3 Å². The molecule has 0 unspecified atom stereocenters. The maximum absolute atomic E-state index is 13.7. The molecule has 0 saturated carbocycles. The maximum atomic E-state index is 13.7. The van der Waals surface area contributed by atoms with Crippen molar-refractivity contribution in [2.75, 3.05) is 11.1 Å². The van der Waals surface area contributed by atoms with Crippen LogP contribution in [0.4, 0.5) is 18.9 Å². The van der Waals surface area contributed by atoms with Gasteiger partial charge in [-0.1, -0.05) is 43.0 Å². The topological polar surface area (TPSA) is 64.0 Å². The summed E-state index contributed by atoms with van der Waals surface area (Å²) in [5.41, 5.74) is 0.767. The van der Waals surface area contributed by atoms with Crippen LogP contribution in [-0.4, -0.2) is 21.2 Å². The lowest BCUT2D eigenvalue weighted by Gasteiger charge is -2.17. The number of fused-ring (bicyclic) bond motifs is 3. The highest BCUT2D eigenvalue weighted by molar-refractivity contribution is 7.99. The lowest BCUT2D eigenvalue weighted by atomic mass is 9.89. The van der Waals surface area contributed by atoms with Gasteiger partial charge in [0, 0.05) is 10.6 Å². The molecule has 1 amide bonds. The van der Waals surface area contributed by atoms with Crippen LogP contribution in [0.1, 0.15) is 29.3 Å². The zero-order chi connectivity index (χ0) is 25.4. The zero-order valence-corrected chi connectivity index (χ0v) is 20.9. The molecule has 1 aliphatic rings. The summed E-state index contributed by atoms with van der Waals surface area (Å²) in [5.74, 6) is -0.0637. The van der Waals surface area contributed by atoms with Gasteiger partial charge in [0.15, 0.2) is 5.16 Å². The molecule has 5 nitrogen and oxygen atoms in total. The normalized spacial score (nSPS) is 15.6. The molecule has 0 saturated heterocycles. The number of hydrogen-bond donors (Lipinski definition) is 1. The van der Waals surface area contributed by atoms with Crippen molar-refractivity contribution in [1.82, 2.24) is 9.55 Å². The SMILES string of the molecule is C[C@@H]1CCc2c(sc3nc(SCC(=O)Nc4cccc(C(F)(F)F)c4)n(-c4ccccc4)c(=O)c23)C1. The summed E-state index contributed by atoms with van der Waals surface area (Å²) in [4.78, 5) is 33.0. The summed E-state index contributed by atoms with van der Waals surface area (Å²) in [6.45, 7) is 2.20. The van der Waals surface area contributed by atoms with E-state index in [4.69, 9.17) is 4.98 Å². The first-order valence-corrected chi connectivity index (χ1v) is 13.2. The minimum Gasteiger partial charge on any atom is -0.325 e. The molecule has 1 N–H and O–H groups in total. The first-order chi connectivity index (χ1) is 17.2. The number of carbonyl (C=O) groups excluding carboxylic acids is 1. The maximum Gasteiger partial charge on any atom is 0.416 e. The minimum absolute atomic E-state index is 0.0549. The van der Waals surface area contributed by atoms with Crippen molar-refractivity contribution in [2.24, 2.45) is 5.92 Å². The molecule has 1 atom stereocenters. The lowest BCUT2D eigenvalue weighted by molar-refractivity contribution is -0.137. The van der Waals surface area contributed by atoms with E-state index in [0.29, 0.717) is 27.0 Å². The Balaban J connectivity index is 1.47. The Morgan fingerprint density at radius 1 is 1.19 bits per heavy atom. The molecule has 0 aliphatic heterocycles. The molecule has 0 radical (unpaired) electrons. The smallest absolute Gasteiger partial charge is 0.325 e. The summed E-state index contributed by atoms with van der Waals surface area (Å²) < 4.78 is 40.5. The van der Waals surface area contributed by atoms with Crippen molar-refractivity contribution in [1.29, 1.82) is 0 Å². The van der Waals surface area contributed by atoms with Crippen molar-refractivity contribution in [3.05, 3.63) is 81.0 Å². The molecule has 5 rings (SSSR count). The van der Waals surface area contributed by atoms with Crippen molar-refractivity contribution >= 4 is 44.9 Å². The van der Waals surface area contributed by atoms with Gasteiger partial charge in [0.1, 0.15) is 4.83 Å². The van der Waals surface area contributed by atoms with E-state index >= 15 is 0 Å². The number of benzene rings is 2. The first-order valence-electron chi connectivity index (χ1n) is 11.4. The van der Waals surface area contributed by atoms with Crippen LogP contribution in [0.25, 0.3) is 15.9 Å². The summed E-state index contributed by atoms with van der Waals surface area (Å²) in [5, 5.41) is 3.52. The van der Waals surface area contributed by atoms with E-state index in [2.05, 4.69) is 12.2 Å². The van der Waals surface area contributed by atoms with Crippen LogP contribution in [0.3, 0.4) is 0 Å². The van der Waals surface area contributed by atoms with Crippen LogP contribution < -0.4 is 10.9 Å². The van der Waals surface area contributed by atoms with Crippen LogP contribution in [0.2, 0.25) is 0 Å². The summed E-state index contributed by atoms with van der Waals surface area (Å²) >= 11 is 2.61. The molecular formula is C26H22F3N3O2S2. The third-order valence-electron chi connectivity index (χ3n) is 6.12. The number of amides is 1. The number of thioether (sulfide) groups is 1. The average Bonchev–Trinajstić information content (AvgIpc) is 3.20. The largest absolute Gasteiger partial charge is 0.416 e. The standard InChI is InChI=1S/C26H22F3N3O2S2/c1-15-10-11-19-20(12-15)36-23-22(19)24(34)32(18-8-3-2-4-9-18)25(31-23)35-14-21(33)30-17-7-5-6-16(13-17)26(27,28)29/h2-9,13,15H,10-12,14H2,1H3,(H,30,33)/t15-/m1/s1. The number of carbonyl (C=O) groups is 1. The Morgan fingerprint density at radius 3 is 2.72 bits per heavy atom. The first kappa shape index (κ1) is 24.6. The Kier molecular flexibility index (Phi) is 6.65. The Labute approximate surface area is 213 Å². The number of thiophene rings is 1. The van der Waals surface area contributed by atoms with E-state index in [1.165, 1.54) is 32.9 Å². The fourth-order valence-electron chi connectivity index (χ4n) is 4.37. The Morgan fingerprint density at radius 2 is 1.97 bits per heavy atom. The Bertz CT molecular complexity index is 1500. The van der Waals surface area contributed by atoms with E-state index < -0.39 is 17.6 Å². The van der Waals surface area contributed by atoms with Crippen LogP contribution in [-0.2, 0) is 23.8 Å². The molecule has 4 aromatic rings. The van der Waals surface area contributed by atoms with Gasteiger partial charge >= 0.3 is 6.18 Å². The number of nitrogens with zero attached hydrogens (tertiary/aromatic N) is 2. The zero-order valence-electron chi connectivity index (χ0n) is 19.3. The highest BCUT2D eigenvalue weighted by Gasteiger charge is 2.30. The Hall–Kier alpha value is -3.11. The van der Waals surface area contributed by atoms with Gasteiger partial charge in [-0.15, -0.1) is 11.3 Å². The van der Waals surface area contributed by atoms with Gasteiger partial charge in [0.25, 0.3) is 5.56 Å². The summed E-state index contributed by atoms with van der Waals surface area (Å²) in [6.07, 6.45) is -1.72. The molecule has 0 spiro atoms. The third-order valence-corrected chi connectivity index (χ3v) is 8.21. The second kappa shape index (κ2) is 9.74. The van der Waals surface area contributed by atoms with Crippen molar-refractivity contribution in [2.45, 2.75) is 37.5 Å². The number of aryl methyl sites for hydroxylation is 1. The van der Waals surface area contributed by atoms with Gasteiger partial charge in [-0.25, -0.2) is 4.98 Å². The molecule has 0 bridgehead atoms. The minimum atomic E-state index is -4.50. The molecular weight excluding hydrogens is 507 g/mol. The summed E-state index contributed by atoms with van der Waals surface area (Å²) in [7, 11) is 0. The number of anilines is 1. The van der Waals surface area contributed by atoms with Crippen molar-refractivity contribution in [3.63, 3.8) is 0 Å². The van der Waals surface area contributed by atoms with Crippen molar-refractivity contribution < 1.29 is 18.0 Å². The second-order valence-electron chi connectivity index (χ2n) is 8.82. The van der Waals surface area contributed by atoms with Crippen LogP contribution in [0.5, 0.6) is 0 Å². The van der Waals surface area contributed by atoms with Gasteiger partial charge in [-0.2, -0.15) is 13.2 Å². The van der Waals surface area contributed by atoms with Gasteiger partial charge in [0.05, 0.1) is 22.4 Å².